The van der Waals surface area contributed by atoms with E-state index in [1.54, 1.807) is 29.4 Å². The first-order valence-corrected chi connectivity index (χ1v) is 11.8. The maximum Gasteiger partial charge on any atom is 0.262 e. The SMILES string of the molecule is O=c1c2ccccc2nc(SCc2coc(-c3cccs3)n2)n1C1CCCCC1. The van der Waals surface area contributed by atoms with E-state index in [-0.39, 0.29) is 11.6 Å². The lowest BCUT2D eigenvalue weighted by atomic mass is 9.95. The fraction of sp³-hybridized carbons (Fsp3) is 0.318. The maximum atomic E-state index is 13.3. The molecular formula is C22H21N3O2S2. The largest absolute Gasteiger partial charge is 0.444 e. The van der Waals surface area contributed by atoms with Gasteiger partial charge in [-0.1, -0.05) is 49.2 Å². The van der Waals surface area contributed by atoms with E-state index in [4.69, 9.17) is 9.40 Å². The van der Waals surface area contributed by atoms with E-state index in [1.165, 1.54) is 19.3 Å². The zero-order chi connectivity index (χ0) is 19.6. The Balaban J connectivity index is 1.47. The van der Waals surface area contributed by atoms with Crippen molar-refractivity contribution in [3.8, 4) is 10.8 Å². The van der Waals surface area contributed by atoms with Gasteiger partial charge in [0.15, 0.2) is 5.16 Å². The highest BCUT2D eigenvalue weighted by molar-refractivity contribution is 7.98. The molecule has 1 fully saturated rings. The highest BCUT2D eigenvalue weighted by atomic mass is 32.2. The second kappa shape index (κ2) is 8.16. The number of thioether (sulfide) groups is 1. The minimum atomic E-state index is 0.0735. The first kappa shape index (κ1) is 18.6. The van der Waals surface area contributed by atoms with Crippen molar-refractivity contribution in [2.24, 2.45) is 0 Å². The van der Waals surface area contributed by atoms with Gasteiger partial charge in [0.2, 0.25) is 5.89 Å². The molecule has 7 heteroatoms. The van der Waals surface area contributed by atoms with Crippen LogP contribution in [-0.2, 0) is 5.75 Å². The molecule has 0 atom stereocenters. The van der Waals surface area contributed by atoms with Gasteiger partial charge < -0.3 is 4.42 Å². The van der Waals surface area contributed by atoms with Crippen LogP contribution in [0.5, 0.6) is 0 Å². The van der Waals surface area contributed by atoms with E-state index in [2.05, 4.69) is 4.98 Å². The summed E-state index contributed by atoms with van der Waals surface area (Å²) in [6.45, 7) is 0. The normalized spacial score (nSPS) is 15.2. The Labute approximate surface area is 176 Å². The number of para-hydroxylation sites is 1. The van der Waals surface area contributed by atoms with Gasteiger partial charge in [-0.05, 0) is 36.4 Å². The lowest BCUT2D eigenvalue weighted by Gasteiger charge is -2.26. The Kier molecular flexibility index (Phi) is 5.24. The molecule has 148 valence electrons. The van der Waals surface area contributed by atoms with Crippen molar-refractivity contribution < 1.29 is 4.42 Å². The number of nitrogens with zero attached hydrogens (tertiary/aromatic N) is 3. The monoisotopic (exact) mass is 423 g/mol. The molecule has 0 saturated heterocycles. The van der Waals surface area contributed by atoms with Gasteiger partial charge in [-0.2, -0.15) is 0 Å². The summed E-state index contributed by atoms with van der Waals surface area (Å²) < 4.78 is 7.57. The number of rotatable bonds is 5. The highest BCUT2D eigenvalue weighted by Crippen LogP contribution is 2.32. The molecule has 0 radical (unpaired) electrons. The predicted octanol–water partition coefficient (Wildman–Crippen LogP) is 5.91. The van der Waals surface area contributed by atoms with Crippen molar-refractivity contribution in [2.45, 2.75) is 49.1 Å². The topological polar surface area (TPSA) is 60.9 Å². The summed E-state index contributed by atoms with van der Waals surface area (Å²) >= 11 is 3.17. The molecule has 5 rings (SSSR count). The predicted molar refractivity (Wildman–Crippen MR) is 118 cm³/mol. The molecule has 29 heavy (non-hydrogen) atoms. The fourth-order valence-corrected chi connectivity index (χ4v) is 5.51. The number of fused-ring (bicyclic) bond motifs is 1. The van der Waals surface area contributed by atoms with Gasteiger partial charge >= 0.3 is 0 Å². The van der Waals surface area contributed by atoms with Gasteiger partial charge in [0.1, 0.15) is 6.26 Å². The van der Waals surface area contributed by atoms with Gasteiger partial charge in [0.25, 0.3) is 5.56 Å². The Morgan fingerprint density at radius 2 is 1.97 bits per heavy atom. The third-order valence-electron chi connectivity index (χ3n) is 5.35. The van der Waals surface area contributed by atoms with Crippen LogP contribution in [0.4, 0.5) is 0 Å². The van der Waals surface area contributed by atoms with Gasteiger partial charge in [-0.15, -0.1) is 11.3 Å². The molecule has 5 nitrogen and oxygen atoms in total. The molecule has 0 spiro atoms. The van der Waals surface area contributed by atoms with Crippen LogP contribution in [0, 0.1) is 0 Å². The van der Waals surface area contributed by atoms with E-state index < -0.39 is 0 Å². The zero-order valence-electron chi connectivity index (χ0n) is 15.9. The summed E-state index contributed by atoms with van der Waals surface area (Å²) in [5, 5.41) is 3.49. The summed E-state index contributed by atoms with van der Waals surface area (Å²) in [5.74, 6) is 1.26. The van der Waals surface area contributed by atoms with E-state index in [0.29, 0.717) is 17.0 Å². The first-order chi connectivity index (χ1) is 14.3. The third-order valence-corrected chi connectivity index (χ3v) is 7.19. The summed E-state index contributed by atoms with van der Waals surface area (Å²) in [5.41, 5.74) is 1.69. The Hall–Kier alpha value is -2.38. The molecule has 0 aliphatic heterocycles. The van der Waals surface area contributed by atoms with Crippen LogP contribution in [0.2, 0.25) is 0 Å². The van der Waals surface area contributed by atoms with E-state index in [1.807, 2.05) is 46.3 Å². The Bertz CT molecular complexity index is 1170. The van der Waals surface area contributed by atoms with Crippen LogP contribution >= 0.6 is 23.1 Å². The van der Waals surface area contributed by atoms with Crippen LogP contribution in [-0.4, -0.2) is 14.5 Å². The minimum absolute atomic E-state index is 0.0735. The molecule has 0 N–H and O–H groups in total. The van der Waals surface area contributed by atoms with Crippen molar-refractivity contribution in [2.75, 3.05) is 0 Å². The maximum absolute atomic E-state index is 13.3. The summed E-state index contributed by atoms with van der Waals surface area (Å²) in [6.07, 6.45) is 7.37. The molecule has 1 saturated carbocycles. The van der Waals surface area contributed by atoms with Crippen molar-refractivity contribution >= 4 is 34.0 Å². The molecule has 0 amide bonds. The lowest BCUT2D eigenvalue weighted by molar-refractivity contribution is 0.326. The average Bonchev–Trinajstić information content (AvgIpc) is 3.45. The van der Waals surface area contributed by atoms with Gasteiger partial charge in [0, 0.05) is 11.8 Å². The minimum Gasteiger partial charge on any atom is -0.444 e. The van der Waals surface area contributed by atoms with E-state index in [9.17, 15) is 4.79 Å². The van der Waals surface area contributed by atoms with Crippen molar-refractivity contribution in [1.29, 1.82) is 0 Å². The molecule has 1 aliphatic carbocycles. The summed E-state index contributed by atoms with van der Waals surface area (Å²) in [6, 6.07) is 11.8. The number of hydrogen-bond acceptors (Lipinski definition) is 6. The summed E-state index contributed by atoms with van der Waals surface area (Å²) in [7, 11) is 0. The van der Waals surface area contributed by atoms with Crippen LogP contribution < -0.4 is 5.56 Å². The number of aromatic nitrogens is 3. The van der Waals surface area contributed by atoms with Crippen molar-refractivity contribution in [1.82, 2.24) is 14.5 Å². The third kappa shape index (κ3) is 3.76. The second-order valence-electron chi connectivity index (χ2n) is 7.29. The van der Waals surface area contributed by atoms with E-state index >= 15 is 0 Å². The fourth-order valence-electron chi connectivity index (χ4n) is 3.91. The number of hydrogen-bond donors (Lipinski definition) is 0. The molecule has 0 unspecified atom stereocenters. The van der Waals surface area contributed by atoms with Crippen LogP contribution in [0.3, 0.4) is 0 Å². The van der Waals surface area contributed by atoms with Crippen LogP contribution in [0.1, 0.15) is 43.8 Å². The molecule has 1 aliphatic rings. The average molecular weight is 424 g/mol. The molecular weight excluding hydrogens is 402 g/mol. The highest BCUT2D eigenvalue weighted by Gasteiger charge is 2.22. The molecule has 3 aromatic heterocycles. The number of oxazole rings is 1. The molecule has 1 aromatic carbocycles. The molecule has 3 heterocycles. The lowest BCUT2D eigenvalue weighted by Crippen LogP contribution is -2.29. The standard InChI is InChI=1S/C22H21N3O2S2/c26-21-17-9-4-5-10-18(17)24-22(25(21)16-7-2-1-3-8-16)29-14-15-13-27-20(23-15)19-11-6-12-28-19/h4-6,9-13,16H,1-3,7-8,14H2. The Morgan fingerprint density at radius 3 is 2.79 bits per heavy atom. The van der Waals surface area contributed by atoms with Crippen LogP contribution in [0.25, 0.3) is 21.7 Å². The van der Waals surface area contributed by atoms with Gasteiger partial charge in [0.05, 0.1) is 21.5 Å². The van der Waals surface area contributed by atoms with Crippen molar-refractivity contribution in [3.63, 3.8) is 0 Å². The van der Waals surface area contributed by atoms with Crippen molar-refractivity contribution in [3.05, 3.63) is 64.1 Å². The smallest absolute Gasteiger partial charge is 0.262 e. The van der Waals surface area contributed by atoms with E-state index in [0.717, 1.165) is 34.1 Å². The summed E-state index contributed by atoms with van der Waals surface area (Å²) in [4.78, 5) is 23.8. The zero-order valence-corrected chi connectivity index (χ0v) is 17.5. The van der Waals surface area contributed by atoms with Crippen LogP contribution in [0.15, 0.2) is 62.4 Å². The number of thiophene rings is 1. The number of benzene rings is 1. The quantitative estimate of drug-likeness (QED) is 0.295. The molecule has 0 bridgehead atoms. The van der Waals surface area contributed by atoms with Gasteiger partial charge in [-0.25, -0.2) is 9.97 Å². The van der Waals surface area contributed by atoms with Gasteiger partial charge in [-0.3, -0.25) is 9.36 Å². The first-order valence-electron chi connectivity index (χ1n) is 9.92. The second-order valence-corrected chi connectivity index (χ2v) is 9.18. The Morgan fingerprint density at radius 1 is 1.10 bits per heavy atom. The molecule has 4 aromatic rings.